The Morgan fingerprint density at radius 1 is 1.08 bits per heavy atom. The zero-order chi connectivity index (χ0) is 18.2. The minimum Gasteiger partial charge on any atom is -0.481 e. The molecule has 0 saturated heterocycles. The van der Waals surface area contributed by atoms with E-state index in [-0.39, 0.29) is 4.90 Å². The Morgan fingerprint density at radius 2 is 1.64 bits per heavy atom. The van der Waals surface area contributed by atoms with Gasteiger partial charge in [0.1, 0.15) is 0 Å². The van der Waals surface area contributed by atoms with Crippen molar-refractivity contribution in [3.8, 4) is 0 Å². The van der Waals surface area contributed by atoms with Crippen LogP contribution in [0.2, 0.25) is 0 Å². The number of sulfonamides is 1. The molecule has 0 aliphatic heterocycles. The van der Waals surface area contributed by atoms with Gasteiger partial charge in [0.25, 0.3) is 0 Å². The second kappa shape index (κ2) is 6.38. The highest BCUT2D eigenvalue weighted by atomic mass is 32.2. The summed E-state index contributed by atoms with van der Waals surface area (Å²) in [5.74, 6) is -2.12. The number of carboxylic acid groups (broad SMARTS) is 1. The SMILES string of the molecule is NS(=O)(=O)c1ccc(C2=C(c3ccc(F)nc3)CC(C(=O)O)C2)cc1. The van der Waals surface area contributed by atoms with Crippen LogP contribution in [0, 0.1) is 11.9 Å². The van der Waals surface area contributed by atoms with Crippen molar-refractivity contribution in [2.24, 2.45) is 11.1 Å². The predicted octanol–water partition coefficient (Wildman–Crippen LogP) is 2.27. The first-order valence-corrected chi connectivity index (χ1v) is 9.00. The summed E-state index contributed by atoms with van der Waals surface area (Å²) in [7, 11) is -3.80. The first-order chi connectivity index (χ1) is 11.8. The van der Waals surface area contributed by atoms with Crippen LogP contribution in [0.15, 0.2) is 47.5 Å². The Labute approximate surface area is 143 Å². The number of pyridine rings is 1. The van der Waals surface area contributed by atoms with E-state index < -0.39 is 27.9 Å². The number of rotatable bonds is 4. The highest BCUT2D eigenvalue weighted by Crippen LogP contribution is 2.43. The number of nitrogens with zero attached hydrogens (tertiary/aromatic N) is 1. The molecule has 1 aromatic heterocycles. The fraction of sp³-hybridized carbons (Fsp3) is 0.176. The molecule has 1 aromatic carbocycles. The predicted molar refractivity (Wildman–Crippen MR) is 89.2 cm³/mol. The third-order valence-corrected chi connectivity index (χ3v) is 5.15. The van der Waals surface area contributed by atoms with E-state index in [1.807, 2.05) is 0 Å². The third-order valence-electron chi connectivity index (χ3n) is 4.22. The number of aromatic nitrogens is 1. The van der Waals surface area contributed by atoms with E-state index in [1.54, 1.807) is 18.2 Å². The van der Waals surface area contributed by atoms with Crippen molar-refractivity contribution in [3.05, 3.63) is 59.7 Å². The number of aliphatic carboxylic acids is 1. The summed E-state index contributed by atoms with van der Waals surface area (Å²) >= 11 is 0. The molecule has 1 aliphatic rings. The van der Waals surface area contributed by atoms with Crippen LogP contribution in [0.1, 0.15) is 24.0 Å². The van der Waals surface area contributed by atoms with E-state index in [0.29, 0.717) is 24.0 Å². The standard InChI is InChI=1S/C17H15FN2O4S/c18-16-6-3-11(9-20-16)15-8-12(17(21)22)7-14(15)10-1-4-13(5-2-10)25(19,23)24/h1-6,9,12H,7-8H2,(H,21,22)(H2,19,23,24). The van der Waals surface area contributed by atoms with Crippen molar-refractivity contribution in [1.29, 1.82) is 0 Å². The van der Waals surface area contributed by atoms with Gasteiger partial charge in [0.05, 0.1) is 10.8 Å². The quantitative estimate of drug-likeness (QED) is 0.811. The fourth-order valence-corrected chi connectivity index (χ4v) is 3.49. The van der Waals surface area contributed by atoms with Gasteiger partial charge in [-0.2, -0.15) is 4.39 Å². The lowest BCUT2D eigenvalue weighted by molar-refractivity contribution is -0.141. The van der Waals surface area contributed by atoms with Crippen LogP contribution in [-0.4, -0.2) is 24.5 Å². The van der Waals surface area contributed by atoms with Crippen LogP contribution in [0.25, 0.3) is 11.1 Å². The number of carboxylic acids is 1. The molecule has 3 N–H and O–H groups in total. The van der Waals surface area contributed by atoms with Gasteiger partial charge in [0.15, 0.2) is 0 Å². The van der Waals surface area contributed by atoms with Gasteiger partial charge in [0.2, 0.25) is 16.0 Å². The smallest absolute Gasteiger partial charge is 0.307 e. The summed E-state index contributed by atoms with van der Waals surface area (Å²) in [5, 5.41) is 14.4. The third kappa shape index (κ3) is 3.59. The monoisotopic (exact) mass is 362 g/mol. The van der Waals surface area contributed by atoms with E-state index in [0.717, 1.165) is 11.1 Å². The van der Waals surface area contributed by atoms with Crippen molar-refractivity contribution in [3.63, 3.8) is 0 Å². The largest absolute Gasteiger partial charge is 0.481 e. The average Bonchev–Trinajstić information content (AvgIpc) is 3.00. The summed E-state index contributed by atoms with van der Waals surface area (Å²) in [6, 6.07) is 8.73. The molecule has 8 heteroatoms. The van der Waals surface area contributed by atoms with Gasteiger partial charge in [-0.3, -0.25) is 4.79 Å². The van der Waals surface area contributed by atoms with Gasteiger partial charge in [0, 0.05) is 6.20 Å². The number of benzene rings is 1. The highest BCUT2D eigenvalue weighted by molar-refractivity contribution is 7.89. The zero-order valence-electron chi connectivity index (χ0n) is 13.0. The Balaban J connectivity index is 2.06. The van der Waals surface area contributed by atoms with E-state index in [9.17, 15) is 22.7 Å². The Kier molecular flexibility index (Phi) is 4.40. The normalized spacial score (nSPS) is 17.8. The fourth-order valence-electron chi connectivity index (χ4n) is 2.97. The highest BCUT2D eigenvalue weighted by Gasteiger charge is 2.31. The maximum atomic E-state index is 13.1. The first-order valence-electron chi connectivity index (χ1n) is 7.45. The molecule has 0 spiro atoms. The molecule has 1 aliphatic carbocycles. The summed E-state index contributed by atoms with van der Waals surface area (Å²) in [5.41, 5.74) is 2.90. The van der Waals surface area contributed by atoms with Crippen LogP contribution in [0.4, 0.5) is 4.39 Å². The van der Waals surface area contributed by atoms with Gasteiger partial charge < -0.3 is 5.11 Å². The minimum absolute atomic E-state index is 0.0189. The molecule has 1 atom stereocenters. The number of allylic oxidation sites excluding steroid dienone is 2. The van der Waals surface area contributed by atoms with Crippen molar-refractivity contribution in [2.45, 2.75) is 17.7 Å². The van der Waals surface area contributed by atoms with Gasteiger partial charge in [-0.05, 0) is 59.4 Å². The lowest BCUT2D eigenvalue weighted by Crippen LogP contribution is -2.12. The molecule has 130 valence electrons. The summed E-state index contributed by atoms with van der Waals surface area (Å²) < 4.78 is 35.8. The summed E-state index contributed by atoms with van der Waals surface area (Å²) in [4.78, 5) is 15.0. The van der Waals surface area contributed by atoms with Crippen LogP contribution >= 0.6 is 0 Å². The molecule has 0 amide bonds. The number of nitrogens with two attached hydrogens (primary N) is 1. The Bertz CT molecular complexity index is 951. The minimum atomic E-state index is -3.80. The maximum Gasteiger partial charge on any atom is 0.307 e. The molecular formula is C17H15FN2O4S. The second-order valence-electron chi connectivity index (χ2n) is 5.84. The number of halogens is 1. The first kappa shape index (κ1) is 17.2. The molecule has 25 heavy (non-hydrogen) atoms. The lowest BCUT2D eigenvalue weighted by Gasteiger charge is -2.08. The number of hydrogen-bond acceptors (Lipinski definition) is 4. The van der Waals surface area contributed by atoms with Gasteiger partial charge >= 0.3 is 5.97 Å². The number of carbonyl (C=O) groups is 1. The maximum absolute atomic E-state index is 13.1. The Morgan fingerprint density at radius 3 is 2.12 bits per heavy atom. The van der Waals surface area contributed by atoms with E-state index in [2.05, 4.69) is 4.98 Å². The molecule has 1 heterocycles. The lowest BCUT2D eigenvalue weighted by atomic mass is 9.98. The average molecular weight is 362 g/mol. The van der Waals surface area contributed by atoms with E-state index in [1.165, 1.54) is 24.4 Å². The van der Waals surface area contributed by atoms with E-state index >= 15 is 0 Å². The van der Waals surface area contributed by atoms with Crippen LogP contribution in [-0.2, 0) is 14.8 Å². The molecule has 3 rings (SSSR count). The van der Waals surface area contributed by atoms with Crippen molar-refractivity contribution < 1.29 is 22.7 Å². The van der Waals surface area contributed by atoms with Crippen molar-refractivity contribution >= 4 is 27.1 Å². The van der Waals surface area contributed by atoms with Crippen LogP contribution in [0.3, 0.4) is 0 Å². The summed E-state index contributed by atoms with van der Waals surface area (Å²) in [6.45, 7) is 0. The number of primary sulfonamides is 1. The molecule has 0 bridgehead atoms. The molecule has 6 nitrogen and oxygen atoms in total. The second-order valence-corrected chi connectivity index (χ2v) is 7.40. The molecular weight excluding hydrogens is 347 g/mol. The Hall–Kier alpha value is -2.58. The molecule has 0 saturated carbocycles. The zero-order valence-corrected chi connectivity index (χ0v) is 13.8. The molecule has 0 fully saturated rings. The summed E-state index contributed by atoms with van der Waals surface area (Å²) in [6.07, 6.45) is 1.97. The molecule has 2 aromatic rings. The molecule has 0 radical (unpaired) electrons. The molecule has 1 unspecified atom stereocenters. The topological polar surface area (TPSA) is 110 Å². The van der Waals surface area contributed by atoms with Gasteiger partial charge in [-0.15, -0.1) is 0 Å². The van der Waals surface area contributed by atoms with E-state index in [4.69, 9.17) is 5.14 Å². The van der Waals surface area contributed by atoms with Crippen LogP contribution < -0.4 is 5.14 Å². The van der Waals surface area contributed by atoms with Crippen molar-refractivity contribution in [2.75, 3.05) is 0 Å². The van der Waals surface area contributed by atoms with Crippen molar-refractivity contribution in [1.82, 2.24) is 4.98 Å². The number of hydrogen-bond donors (Lipinski definition) is 2. The van der Waals surface area contributed by atoms with Gasteiger partial charge in [-0.1, -0.05) is 12.1 Å². The van der Waals surface area contributed by atoms with Gasteiger partial charge in [-0.25, -0.2) is 18.5 Å². The van der Waals surface area contributed by atoms with Crippen LogP contribution in [0.5, 0.6) is 0 Å².